The van der Waals surface area contributed by atoms with Crippen molar-refractivity contribution in [1.82, 2.24) is 10.6 Å². The number of nitrogens with one attached hydrogen (secondary N) is 2. The van der Waals surface area contributed by atoms with Crippen molar-refractivity contribution in [2.24, 2.45) is 5.14 Å². The number of carboxylic acid groups (broad SMARTS) is 1. The fraction of sp³-hybridized carbons (Fsp3) is 0.140. The van der Waals surface area contributed by atoms with Gasteiger partial charge in [-0.1, -0.05) is 24.8 Å². The van der Waals surface area contributed by atoms with Crippen molar-refractivity contribution in [3.63, 3.8) is 0 Å². The number of hydrogen-bond acceptors (Lipinski definition) is 12. The van der Waals surface area contributed by atoms with E-state index in [1.54, 1.807) is 0 Å². The van der Waals surface area contributed by atoms with Crippen LogP contribution in [0.3, 0.4) is 0 Å². The van der Waals surface area contributed by atoms with Crippen LogP contribution in [-0.4, -0.2) is 63.4 Å². The van der Waals surface area contributed by atoms with Crippen LogP contribution in [0.1, 0.15) is 55.9 Å². The van der Waals surface area contributed by atoms with E-state index < -0.39 is 49.7 Å². The molecule has 4 aromatic carbocycles. The molecule has 1 heterocycles. The monoisotopic (exact) mass is 867 g/mol. The summed E-state index contributed by atoms with van der Waals surface area (Å²) >= 11 is 0. The van der Waals surface area contributed by atoms with Crippen molar-refractivity contribution >= 4 is 54.6 Å². The molecule has 16 nitrogen and oxygen atoms in total. The molecule has 6 N–H and O–H groups in total. The zero-order valence-electron chi connectivity index (χ0n) is 32.0. The first kappa shape index (κ1) is 43.4. The first-order chi connectivity index (χ1) is 28.9. The maximum Gasteiger partial charge on any atom is 0.336 e. The molecule has 314 valence electrons. The number of sulfonamides is 1. The number of carbonyl (C=O) groups is 4. The molecule has 2 aliphatic rings. The van der Waals surface area contributed by atoms with Gasteiger partial charge in [-0.05, 0) is 103 Å². The molecule has 0 fully saturated rings. The number of benzene rings is 5. The number of ether oxygens (including phenoxy) is 1. The number of unbranched alkanes of at least 4 members (excludes halogenated alkanes) is 1. The van der Waals surface area contributed by atoms with Crippen molar-refractivity contribution in [2.75, 3.05) is 6.54 Å². The topological polar surface area (TPSA) is 267 Å². The number of phenolic OH excluding ortho intramolecular Hbond substituents is 1. The standard InChI is InChI=1S/C43H37N3O13S2/c1-2-60(54,55)30-13-6-25(7-14-30)24-58-43(53)36(5-3-4-20-45-40(49)26-8-15-31(16-9-26)61(44,56)57)46-41(50)27-10-17-32(35(21-27)42(51)52)39-33-18-11-28(47)22-37(33)59-38-23-29(48)12-19-34(38)39/h2,6-19,21-23,36,47H,1,3-5,20,24H2,(H,45,49)(H,46,50)(H,51,52)(H2,44,56,57). The predicted molar refractivity (Wildman–Crippen MR) is 222 cm³/mol. The Labute approximate surface area is 348 Å². The average molecular weight is 868 g/mol. The Morgan fingerprint density at radius 2 is 1.48 bits per heavy atom. The van der Waals surface area contributed by atoms with Gasteiger partial charge in [0, 0.05) is 51.7 Å². The zero-order valence-corrected chi connectivity index (χ0v) is 33.6. The molecule has 0 radical (unpaired) electrons. The number of hydrogen-bond donors (Lipinski definition) is 5. The van der Waals surface area contributed by atoms with E-state index in [4.69, 9.17) is 14.3 Å². The van der Waals surface area contributed by atoms with E-state index >= 15 is 0 Å². The maximum atomic E-state index is 13.8. The molecule has 1 aliphatic carbocycles. The van der Waals surface area contributed by atoms with E-state index in [0.717, 1.165) is 11.5 Å². The lowest BCUT2D eigenvalue weighted by atomic mass is 9.89. The minimum Gasteiger partial charge on any atom is -0.508 e. The van der Waals surface area contributed by atoms with E-state index in [9.17, 15) is 51.0 Å². The second-order valence-corrected chi connectivity index (χ2v) is 17.1. The maximum absolute atomic E-state index is 13.8. The molecule has 0 saturated heterocycles. The number of carboxylic acids is 1. The van der Waals surface area contributed by atoms with Gasteiger partial charge in [0.2, 0.25) is 10.0 Å². The van der Waals surface area contributed by atoms with Crippen molar-refractivity contribution < 1.29 is 55.4 Å². The van der Waals surface area contributed by atoms with Gasteiger partial charge < -0.3 is 30.0 Å². The highest BCUT2D eigenvalue weighted by molar-refractivity contribution is 7.94. The number of nitrogens with two attached hydrogens (primary N) is 1. The number of aromatic hydroxyl groups is 1. The van der Waals surface area contributed by atoms with E-state index in [0.29, 0.717) is 28.5 Å². The van der Waals surface area contributed by atoms with Crippen LogP contribution in [0.5, 0.6) is 5.75 Å². The van der Waals surface area contributed by atoms with Crippen LogP contribution < -0.4 is 21.2 Å². The number of amides is 2. The molecule has 61 heavy (non-hydrogen) atoms. The molecule has 18 heteroatoms. The number of phenols is 1. The van der Waals surface area contributed by atoms with Crippen molar-refractivity contribution in [2.45, 2.75) is 41.7 Å². The van der Waals surface area contributed by atoms with Gasteiger partial charge >= 0.3 is 11.9 Å². The second-order valence-electron chi connectivity index (χ2n) is 13.7. The van der Waals surface area contributed by atoms with Gasteiger partial charge in [-0.15, -0.1) is 0 Å². The lowest BCUT2D eigenvalue weighted by molar-refractivity contribution is -0.147. The fourth-order valence-electron chi connectivity index (χ4n) is 6.42. The molecule has 0 saturated carbocycles. The van der Waals surface area contributed by atoms with Gasteiger partial charge in [-0.25, -0.2) is 31.6 Å². The SMILES string of the molecule is C=CS(=O)(=O)c1ccc(COC(=O)C(CCCCNC(=O)c2ccc(S(N)(=O)=O)cc2)NC(=O)c2ccc(-c3c4ccc(=O)cc-4oc4cc(O)ccc34)c(C(=O)O)c2)cc1. The molecular formula is C43H37N3O13S2. The molecule has 6 rings (SSSR count). The summed E-state index contributed by atoms with van der Waals surface area (Å²) in [7, 11) is -7.64. The van der Waals surface area contributed by atoms with Crippen LogP contribution in [0.25, 0.3) is 33.4 Å². The molecule has 0 aromatic heterocycles. The van der Waals surface area contributed by atoms with Crippen LogP contribution in [0.4, 0.5) is 0 Å². The molecular weight excluding hydrogens is 831 g/mol. The van der Waals surface area contributed by atoms with E-state index in [1.807, 2.05) is 0 Å². The Balaban J connectivity index is 1.22. The number of esters is 1. The summed E-state index contributed by atoms with van der Waals surface area (Å²) in [4.78, 5) is 64.7. The number of carbonyl (C=O) groups excluding carboxylic acids is 3. The van der Waals surface area contributed by atoms with E-state index in [-0.39, 0.29) is 80.6 Å². The highest BCUT2D eigenvalue weighted by atomic mass is 32.2. The molecule has 1 unspecified atom stereocenters. The Morgan fingerprint density at radius 3 is 2.15 bits per heavy atom. The van der Waals surface area contributed by atoms with E-state index in [2.05, 4.69) is 17.2 Å². The number of aromatic carboxylic acids is 1. The molecule has 2 amide bonds. The Kier molecular flexibility index (Phi) is 12.8. The number of fused-ring (bicyclic) bond motifs is 2. The number of sulfone groups is 1. The summed E-state index contributed by atoms with van der Waals surface area (Å²) < 4.78 is 58.7. The summed E-state index contributed by atoms with van der Waals surface area (Å²) in [5, 5.41) is 32.2. The van der Waals surface area contributed by atoms with Gasteiger partial charge in [0.05, 0.1) is 15.4 Å². The number of rotatable bonds is 16. The van der Waals surface area contributed by atoms with Gasteiger partial charge in [0.1, 0.15) is 29.7 Å². The smallest absolute Gasteiger partial charge is 0.336 e. The summed E-state index contributed by atoms with van der Waals surface area (Å²) in [6, 6.07) is 21.5. The van der Waals surface area contributed by atoms with Gasteiger partial charge in [-0.3, -0.25) is 14.4 Å². The van der Waals surface area contributed by atoms with Crippen molar-refractivity contribution in [3.05, 3.63) is 148 Å². The molecule has 1 atom stereocenters. The van der Waals surface area contributed by atoms with Crippen LogP contribution >= 0.6 is 0 Å². The lowest BCUT2D eigenvalue weighted by Gasteiger charge is -2.19. The second kappa shape index (κ2) is 18.0. The van der Waals surface area contributed by atoms with E-state index in [1.165, 1.54) is 97.1 Å². The van der Waals surface area contributed by atoms with Crippen LogP contribution in [0, 0.1) is 0 Å². The third-order valence-electron chi connectivity index (χ3n) is 9.55. The van der Waals surface area contributed by atoms with Gasteiger partial charge in [-0.2, -0.15) is 0 Å². The Bertz CT molecular complexity index is 2950. The van der Waals surface area contributed by atoms with Crippen LogP contribution in [-0.2, 0) is 36.0 Å². The highest BCUT2D eigenvalue weighted by Crippen LogP contribution is 2.42. The van der Waals surface area contributed by atoms with Crippen molar-refractivity contribution in [1.29, 1.82) is 0 Å². The summed E-state index contributed by atoms with van der Waals surface area (Å²) in [5.74, 6) is -3.54. The normalized spacial score (nSPS) is 12.1. The van der Waals surface area contributed by atoms with Crippen LogP contribution in [0.2, 0.25) is 0 Å². The largest absolute Gasteiger partial charge is 0.508 e. The third-order valence-corrected chi connectivity index (χ3v) is 11.8. The lowest BCUT2D eigenvalue weighted by Crippen LogP contribution is -2.42. The summed E-state index contributed by atoms with van der Waals surface area (Å²) in [6.07, 6.45) is 0.622. The average Bonchev–Trinajstić information content (AvgIpc) is 3.23. The van der Waals surface area contributed by atoms with Gasteiger partial charge in [0.25, 0.3) is 11.8 Å². The fourth-order valence-corrected chi connectivity index (χ4v) is 7.64. The third kappa shape index (κ3) is 10.2. The Hall–Kier alpha value is -7.15. The summed E-state index contributed by atoms with van der Waals surface area (Å²) in [6.45, 7) is 3.16. The predicted octanol–water partition coefficient (Wildman–Crippen LogP) is 4.98. The molecule has 0 bridgehead atoms. The first-order valence-electron chi connectivity index (χ1n) is 18.4. The molecule has 0 spiro atoms. The number of primary sulfonamides is 1. The first-order valence-corrected chi connectivity index (χ1v) is 21.5. The van der Waals surface area contributed by atoms with Crippen LogP contribution in [0.15, 0.2) is 134 Å². The Morgan fingerprint density at radius 1 is 0.803 bits per heavy atom. The molecule has 1 aliphatic heterocycles. The minimum absolute atomic E-state index is 0.0124. The van der Waals surface area contributed by atoms with Gasteiger partial charge in [0.15, 0.2) is 15.3 Å². The minimum atomic E-state index is -3.95. The highest BCUT2D eigenvalue weighted by Gasteiger charge is 2.26. The molecule has 4 aromatic rings. The summed E-state index contributed by atoms with van der Waals surface area (Å²) in [5.41, 5.74) is 0.952. The quantitative estimate of drug-likeness (QED) is 0.0489. The van der Waals surface area contributed by atoms with Crippen molar-refractivity contribution in [3.8, 4) is 28.2 Å². The zero-order chi connectivity index (χ0) is 44.1.